The van der Waals surface area contributed by atoms with E-state index in [1.54, 1.807) is 23.9 Å². The number of nitrogens with zero attached hydrogens (tertiary/aromatic N) is 4. The third-order valence-corrected chi connectivity index (χ3v) is 5.02. The molecular weight excluding hydrogens is 367 g/mol. The van der Waals surface area contributed by atoms with Gasteiger partial charge in [0.1, 0.15) is 5.82 Å². The number of rotatable bonds is 11. The van der Waals surface area contributed by atoms with Crippen molar-refractivity contribution in [2.75, 3.05) is 33.2 Å². The number of benzene rings is 1. The number of nitrogens with one attached hydrogen (secondary N) is 2. The van der Waals surface area contributed by atoms with E-state index in [1.165, 1.54) is 18.6 Å². The Morgan fingerprint density at radius 2 is 1.93 bits per heavy atom. The first kappa shape index (κ1) is 22.9. The Morgan fingerprint density at radius 1 is 1.21 bits per heavy atom. The smallest absolute Gasteiger partial charge is 0.191 e. The van der Waals surface area contributed by atoms with Gasteiger partial charge in [-0.2, -0.15) is 5.10 Å². The molecule has 0 radical (unpaired) electrons. The van der Waals surface area contributed by atoms with Gasteiger partial charge >= 0.3 is 0 Å². The lowest BCUT2D eigenvalue weighted by atomic mass is 10.2. The fraction of sp³-hybridized carbons (Fsp3) is 0.545. The first-order valence-corrected chi connectivity index (χ1v) is 10.6. The van der Waals surface area contributed by atoms with Crippen LogP contribution in [0.2, 0.25) is 0 Å². The van der Waals surface area contributed by atoms with Crippen molar-refractivity contribution in [1.82, 2.24) is 25.3 Å². The van der Waals surface area contributed by atoms with Gasteiger partial charge in [-0.25, -0.2) is 9.07 Å². The van der Waals surface area contributed by atoms with Gasteiger partial charge in [-0.05, 0) is 69.7 Å². The van der Waals surface area contributed by atoms with Crippen molar-refractivity contribution in [2.24, 2.45) is 4.99 Å². The zero-order chi connectivity index (χ0) is 21.1. The Bertz CT molecular complexity index is 736. The van der Waals surface area contributed by atoms with Gasteiger partial charge in [0, 0.05) is 32.3 Å². The van der Waals surface area contributed by atoms with E-state index in [0.29, 0.717) is 6.04 Å². The highest BCUT2D eigenvalue weighted by Crippen LogP contribution is 2.09. The second-order valence-corrected chi connectivity index (χ2v) is 7.19. The largest absolute Gasteiger partial charge is 0.356 e. The van der Waals surface area contributed by atoms with E-state index in [4.69, 9.17) is 0 Å². The molecule has 1 aromatic carbocycles. The summed E-state index contributed by atoms with van der Waals surface area (Å²) >= 11 is 0. The molecule has 1 unspecified atom stereocenters. The van der Waals surface area contributed by atoms with E-state index in [-0.39, 0.29) is 5.82 Å². The number of guanidine groups is 1. The van der Waals surface area contributed by atoms with Gasteiger partial charge in [-0.3, -0.25) is 4.99 Å². The molecule has 0 saturated carbocycles. The fourth-order valence-corrected chi connectivity index (χ4v) is 3.20. The first-order chi connectivity index (χ1) is 14.0. The lowest BCUT2D eigenvalue weighted by molar-refractivity contribution is 0.292. The number of hydrogen-bond donors (Lipinski definition) is 2. The molecule has 2 N–H and O–H groups in total. The van der Waals surface area contributed by atoms with E-state index < -0.39 is 0 Å². The summed E-state index contributed by atoms with van der Waals surface area (Å²) in [4.78, 5) is 6.77. The number of halogens is 1. The predicted molar refractivity (Wildman–Crippen MR) is 118 cm³/mol. The van der Waals surface area contributed by atoms with Crippen molar-refractivity contribution in [3.63, 3.8) is 0 Å². The highest BCUT2D eigenvalue weighted by Gasteiger charge is 2.07. The molecule has 0 aliphatic rings. The first-order valence-electron chi connectivity index (χ1n) is 10.6. The summed E-state index contributed by atoms with van der Waals surface area (Å²) in [5, 5.41) is 11.4. The van der Waals surface area contributed by atoms with Crippen LogP contribution in [0, 0.1) is 5.82 Å². The van der Waals surface area contributed by atoms with Crippen molar-refractivity contribution in [1.29, 1.82) is 0 Å². The molecule has 0 aliphatic heterocycles. The van der Waals surface area contributed by atoms with Gasteiger partial charge in [-0.1, -0.05) is 13.8 Å². The van der Waals surface area contributed by atoms with Crippen molar-refractivity contribution in [2.45, 2.75) is 46.1 Å². The molecule has 2 aromatic rings. The molecule has 2 rings (SSSR count). The van der Waals surface area contributed by atoms with E-state index in [0.717, 1.165) is 56.4 Å². The molecule has 1 heterocycles. The fourth-order valence-electron chi connectivity index (χ4n) is 3.20. The summed E-state index contributed by atoms with van der Waals surface area (Å²) in [5.41, 5.74) is 1.83. The maximum absolute atomic E-state index is 13.1. The molecule has 6 nitrogen and oxygen atoms in total. The second kappa shape index (κ2) is 12.2. The zero-order valence-corrected chi connectivity index (χ0v) is 18.2. The highest BCUT2D eigenvalue weighted by molar-refractivity contribution is 5.79. The Hall–Kier alpha value is -2.41. The maximum atomic E-state index is 13.1. The molecule has 7 heteroatoms. The summed E-state index contributed by atoms with van der Waals surface area (Å²) < 4.78 is 14.8. The van der Waals surface area contributed by atoms with Crippen molar-refractivity contribution in [3.05, 3.63) is 48.0 Å². The minimum Gasteiger partial charge on any atom is -0.356 e. The normalized spacial score (nSPS) is 13.0. The Morgan fingerprint density at radius 3 is 2.59 bits per heavy atom. The van der Waals surface area contributed by atoms with Gasteiger partial charge in [0.15, 0.2) is 5.96 Å². The molecule has 0 spiro atoms. The average Bonchev–Trinajstić information content (AvgIpc) is 3.20. The third kappa shape index (κ3) is 7.85. The lowest BCUT2D eigenvalue weighted by Crippen LogP contribution is -2.43. The van der Waals surface area contributed by atoms with Crippen LogP contribution >= 0.6 is 0 Å². The molecule has 1 aromatic heterocycles. The summed E-state index contributed by atoms with van der Waals surface area (Å²) in [6.45, 7) is 10.7. The average molecular weight is 403 g/mol. The van der Waals surface area contributed by atoms with Crippen LogP contribution in [0.4, 0.5) is 4.39 Å². The van der Waals surface area contributed by atoms with Crippen LogP contribution in [0.5, 0.6) is 0 Å². The van der Waals surface area contributed by atoms with Crippen molar-refractivity contribution >= 4 is 5.96 Å². The van der Waals surface area contributed by atoms with Crippen LogP contribution in [0.15, 0.2) is 41.5 Å². The van der Waals surface area contributed by atoms with Gasteiger partial charge in [-0.15, -0.1) is 0 Å². The maximum Gasteiger partial charge on any atom is 0.191 e. The summed E-state index contributed by atoms with van der Waals surface area (Å²) in [6, 6.07) is 8.68. The van der Waals surface area contributed by atoms with Crippen LogP contribution in [0.3, 0.4) is 0 Å². The highest BCUT2D eigenvalue weighted by atomic mass is 19.1. The molecule has 0 aliphatic carbocycles. The minimum atomic E-state index is -0.244. The molecule has 0 saturated heterocycles. The Balaban J connectivity index is 1.72. The van der Waals surface area contributed by atoms with Gasteiger partial charge < -0.3 is 15.5 Å². The van der Waals surface area contributed by atoms with Gasteiger partial charge in [0.05, 0.1) is 11.4 Å². The Labute approximate surface area is 174 Å². The van der Waals surface area contributed by atoms with Crippen LogP contribution < -0.4 is 10.6 Å². The van der Waals surface area contributed by atoms with Crippen LogP contribution in [0.1, 0.15) is 39.3 Å². The molecule has 1 atom stereocenters. The summed E-state index contributed by atoms with van der Waals surface area (Å²) in [7, 11) is 1.79. The molecule has 160 valence electrons. The molecule has 0 fully saturated rings. The monoisotopic (exact) mass is 402 g/mol. The molecular formula is C22H35FN6. The van der Waals surface area contributed by atoms with E-state index in [2.05, 4.69) is 46.4 Å². The molecule has 29 heavy (non-hydrogen) atoms. The Kier molecular flexibility index (Phi) is 9.64. The minimum absolute atomic E-state index is 0.244. The van der Waals surface area contributed by atoms with Crippen LogP contribution in [-0.4, -0.2) is 59.9 Å². The lowest BCUT2D eigenvalue weighted by Gasteiger charge is -2.21. The van der Waals surface area contributed by atoms with Crippen LogP contribution in [0.25, 0.3) is 5.69 Å². The topological polar surface area (TPSA) is 57.5 Å². The van der Waals surface area contributed by atoms with E-state index in [9.17, 15) is 4.39 Å². The zero-order valence-electron chi connectivity index (χ0n) is 18.2. The van der Waals surface area contributed by atoms with Crippen LogP contribution in [-0.2, 0) is 6.42 Å². The third-order valence-electron chi connectivity index (χ3n) is 5.02. The van der Waals surface area contributed by atoms with Gasteiger partial charge in [0.25, 0.3) is 0 Å². The SMILES string of the molecule is CCN(CC)CCCC(C)NC(=NC)NCCc1ccn(-c2ccc(F)cc2)n1. The summed E-state index contributed by atoms with van der Waals surface area (Å²) in [6.07, 6.45) is 4.96. The number of aromatic nitrogens is 2. The number of aliphatic imine (C=N–C) groups is 1. The van der Waals surface area contributed by atoms with Gasteiger partial charge in [0.2, 0.25) is 0 Å². The predicted octanol–water partition coefficient (Wildman–Crippen LogP) is 3.23. The molecule has 0 bridgehead atoms. The van der Waals surface area contributed by atoms with Crippen molar-refractivity contribution in [3.8, 4) is 5.69 Å². The van der Waals surface area contributed by atoms with E-state index in [1.807, 2.05) is 12.3 Å². The standard InChI is InChI=1S/C22H35FN6/c1-5-28(6-2)16-7-8-18(3)26-22(24-4)25-15-13-20-14-17-29(27-20)21-11-9-19(23)10-12-21/h9-12,14,17-18H,5-8,13,15-16H2,1-4H3,(H2,24,25,26). The van der Waals surface area contributed by atoms with E-state index >= 15 is 0 Å². The van der Waals surface area contributed by atoms with Crippen molar-refractivity contribution < 1.29 is 4.39 Å². The quantitative estimate of drug-likeness (QED) is 0.448. The summed E-state index contributed by atoms with van der Waals surface area (Å²) in [5.74, 6) is 0.574. The molecule has 0 amide bonds. The number of hydrogen-bond acceptors (Lipinski definition) is 3. The second-order valence-electron chi connectivity index (χ2n) is 7.19.